The summed E-state index contributed by atoms with van der Waals surface area (Å²) in [6.45, 7) is 6.12. The monoisotopic (exact) mass is 277 g/mol. The van der Waals surface area contributed by atoms with E-state index in [2.05, 4.69) is 93.8 Å². The van der Waals surface area contributed by atoms with Gasteiger partial charge in [-0.2, -0.15) is 0 Å². The van der Waals surface area contributed by atoms with Gasteiger partial charge in [0.15, 0.2) is 0 Å². The Balaban J connectivity index is 3.49. The van der Waals surface area contributed by atoms with Gasteiger partial charge in [0.05, 0.1) is 0 Å². The lowest BCUT2D eigenvalue weighted by atomic mass is 10.1. The molecule has 0 aliphatic heterocycles. The van der Waals surface area contributed by atoms with Crippen LogP contribution in [0.15, 0.2) is 30.8 Å². The lowest BCUT2D eigenvalue weighted by Crippen LogP contribution is -2.76. The van der Waals surface area contributed by atoms with Gasteiger partial charge in [-0.1, -0.05) is 36.4 Å². The minimum Gasteiger partial charge on any atom is -0.301 e. The van der Waals surface area contributed by atoms with Crippen LogP contribution < -0.4 is 5.19 Å². The van der Waals surface area contributed by atoms with Gasteiger partial charge in [-0.25, -0.2) is 0 Å². The van der Waals surface area contributed by atoms with Gasteiger partial charge in [0, 0.05) is 0 Å². The Hall–Kier alpha value is -0.943. The average molecular weight is 277 g/mol. The second-order valence-electron chi connectivity index (χ2n) is 5.68. The van der Waals surface area contributed by atoms with Crippen molar-refractivity contribution in [3.05, 3.63) is 36.4 Å². The summed E-state index contributed by atoms with van der Waals surface area (Å²) < 4.78 is 7.10. The Morgan fingerprint density at radius 1 is 0.947 bits per heavy atom. The van der Waals surface area contributed by atoms with E-state index < -0.39 is 8.56 Å². The SMILES string of the molecule is C=C(C)c1cccc([Si](N(C)C)(N(C)C)N(C)C)c1. The lowest BCUT2D eigenvalue weighted by molar-refractivity contribution is 0.396. The topological polar surface area (TPSA) is 9.72 Å². The highest BCUT2D eigenvalue weighted by atomic mass is 28.4. The van der Waals surface area contributed by atoms with E-state index in [1.807, 2.05) is 0 Å². The van der Waals surface area contributed by atoms with E-state index in [4.69, 9.17) is 0 Å². The molecule has 19 heavy (non-hydrogen) atoms. The first-order valence-corrected chi connectivity index (χ1v) is 8.37. The number of rotatable bonds is 5. The molecule has 106 valence electrons. The van der Waals surface area contributed by atoms with Crippen LogP contribution in [-0.2, 0) is 0 Å². The number of allylic oxidation sites excluding steroid dienone is 1. The van der Waals surface area contributed by atoms with E-state index in [1.165, 1.54) is 10.8 Å². The van der Waals surface area contributed by atoms with Crippen molar-refractivity contribution in [3.63, 3.8) is 0 Å². The maximum atomic E-state index is 4.06. The maximum Gasteiger partial charge on any atom is 0.322 e. The fraction of sp³-hybridized carbons (Fsp3) is 0.467. The molecule has 0 saturated heterocycles. The van der Waals surface area contributed by atoms with Crippen molar-refractivity contribution in [2.45, 2.75) is 6.92 Å². The summed E-state index contributed by atoms with van der Waals surface area (Å²) >= 11 is 0. The normalized spacial score (nSPS) is 12.5. The van der Waals surface area contributed by atoms with Gasteiger partial charge in [-0.3, -0.25) is 0 Å². The average Bonchev–Trinajstić information content (AvgIpc) is 2.28. The van der Waals surface area contributed by atoms with Crippen LogP contribution in [0.2, 0.25) is 0 Å². The predicted octanol–water partition coefficient (Wildman–Crippen LogP) is 1.55. The van der Waals surface area contributed by atoms with Crippen molar-refractivity contribution in [2.24, 2.45) is 0 Å². The van der Waals surface area contributed by atoms with Crippen molar-refractivity contribution in [1.82, 2.24) is 13.7 Å². The highest BCUT2D eigenvalue weighted by molar-refractivity contribution is 6.84. The summed E-state index contributed by atoms with van der Waals surface area (Å²) in [5.41, 5.74) is 2.33. The van der Waals surface area contributed by atoms with Crippen LogP contribution in [0.1, 0.15) is 12.5 Å². The zero-order chi connectivity index (χ0) is 14.8. The fourth-order valence-corrected chi connectivity index (χ4v) is 7.59. The van der Waals surface area contributed by atoms with E-state index >= 15 is 0 Å². The largest absolute Gasteiger partial charge is 0.322 e. The second-order valence-corrected chi connectivity index (χ2v) is 10.2. The van der Waals surface area contributed by atoms with Crippen LogP contribution in [0.5, 0.6) is 0 Å². The van der Waals surface area contributed by atoms with Crippen molar-refractivity contribution in [3.8, 4) is 0 Å². The summed E-state index contributed by atoms with van der Waals surface area (Å²) in [4.78, 5) is 0. The molecule has 0 saturated carbocycles. The number of hydrogen-bond acceptors (Lipinski definition) is 3. The highest BCUT2D eigenvalue weighted by Crippen LogP contribution is 2.16. The Morgan fingerprint density at radius 2 is 1.42 bits per heavy atom. The summed E-state index contributed by atoms with van der Waals surface area (Å²) in [6, 6.07) is 8.79. The third kappa shape index (κ3) is 2.82. The molecule has 0 heterocycles. The molecule has 0 spiro atoms. The summed E-state index contributed by atoms with van der Waals surface area (Å²) in [7, 11) is 11.0. The van der Waals surface area contributed by atoms with Gasteiger partial charge in [0.1, 0.15) is 0 Å². The fourth-order valence-electron chi connectivity index (χ4n) is 2.97. The molecular weight excluding hydrogens is 250 g/mol. The Bertz CT molecular complexity index is 431. The maximum absolute atomic E-state index is 4.06. The molecule has 0 fully saturated rings. The lowest BCUT2D eigenvalue weighted by Gasteiger charge is -2.46. The van der Waals surface area contributed by atoms with Crippen LogP contribution in [-0.4, -0.2) is 64.5 Å². The summed E-state index contributed by atoms with van der Waals surface area (Å²) in [5, 5.41) is 1.38. The van der Waals surface area contributed by atoms with Gasteiger partial charge in [-0.05, 0) is 60.0 Å². The summed E-state index contributed by atoms with van der Waals surface area (Å²) in [5.74, 6) is 0. The number of benzene rings is 1. The molecule has 0 bridgehead atoms. The molecule has 0 atom stereocenters. The minimum atomic E-state index is -2.02. The Kier molecular flexibility index (Phi) is 5.09. The zero-order valence-electron chi connectivity index (χ0n) is 13.4. The van der Waals surface area contributed by atoms with Crippen LogP contribution in [0.25, 0.3) is 5.57 Å². The van der Waals surface area contributed by atoms with Gasteiger partial charge in [-0.15, -0.1) is 0 Å². The Morgan fingerprint density at radius 3 is 1.79 bits per heavy atom. The third-order valence-corrected chi connectivity index (χ3v) is 8.44. The summed E-state index contributed by atoms with van der Waals surface area (Å²) in [6.07, 6.45) is 0. The molecule has 0 aliphatic carbocycles. The zero-order valence-corrected chi connectivity index (χ0v) is 14.4. The quantitative estimate of drug-likeness (QED) is 0.756. The van der Waals surface area contributed by atoms with E-state index in [0.29, 0.717) is 0 Å². The van der Waals surface area contributed by atoms with Gasteiger partial charge in [0.2, 0.25) is 0 Å². The van der Waals surface area contributed by atoms with E-state index in [-0.39, 0.29) is 0 Å². The van der Waals surface area contributed by atoms with Crippen molar-refractivity contribution >= 4 is 19.3 Å². The molecule has 1 aromatic carbocycles. The van der Waals surface area contributed by atoms with Gasteiger partial charge >= 0.3 is 8.56 Å². The van der Waals surface area contributed by atoms with Crippen molar-refractivity contribution < 1.29 is 0 Å². The predicted molar refractivity (Wildman–Crippen MR) is 87.6 cm³/mol. The van der Waals surface area contributed by atoms with E-state index in [9.17, 15) is 0 Å². The molecule has 4 heteroatoms. The first kappa shape index (κ1) is 16.1. The smallest absolute Gasteiger partial charge is 0.301 e. The Labute approximate surface area is 119 Å². The second kappa shape index (κ2) is 6.01. The van der Waals surface area contributed by atoms with Crippen LogP contribution in [0.4, 0.5) is 0 Å². The molecule has 1 rings (SSSR count). The van der Waals surface area contributed by atoms with E-state index in [0.717, 1.165) is 5.57 Å². The molecule has 1 aromatic rings. The molecule has 0 amide bonds. The van der Waals surface area contributed by atoms with Gasteiger partial charge in [0.25, 0.3) is 0 Å². The minimum absolute atomic E-state index is 1.11. The first-order chi connectivity index (χ1) is 8.74. The van der Waals surface area contributed by atoms with Crippen molar-refractivity contribution in [2.75, 3.05) is 42.3 Å². The molecular formula is C15H27N3Si. The molecule has 0 radical (unpaired) electrons. The number of hydrogen-bond donors (Lipinski definition) is 0. The number of nitrogens with zero attached hydrogens (tertiary/aromatic N) is 3. The molecule has 3 nitrogen and oxygen atoms in total. The van der Waals surface area contributed by atoms with Crippen molar-refractivity contribution in [1.29, 1.82) is 0 Å². The first-order valence-electron chi connectivity index (χ1n) is 6.53. The molecule has 0 aromatic heterocycles. The highest BCUT2D eigenvalue weighted by Gasteiger charge is 2.44. The van der Waals surface area contributed by atoms with Crippen LogP contribution in [0, 0.1) is 0 Å². The third-order valence-electron chi connectivity index (χ3n) is 3.61. The molecule has 0 N–H and O–H groups in total. The molecule has 0 unspecified atom stereocenters. The van der Waals surface area contributed by atoms with Crippen LogP contribution >= 0.6 is 0 Å². The van der Waals surface area contributed by atoms with Gasteiger partial charge < -0.3 is 13.7 Å². The molecule has 0 aliphatic rings. The van der Waals surface area contributed by atoms with Crippen LogP contribution in [0.3, 0.4) is 0 Å². The standard InChI is InChI=1S/C15H27N3Si/c1-13(2)14-10-9-11-15(12-14)19(16(3)4,17(5)6)18(7)8/h9-12H,1H2,2-8H3. The van der Waals surface area contributed by atoms with E-state index in [1.54, 1.807) is 0 Å².